The number of hydrogen-bond donors (Lipinski definition) is 2. The summed E-state index contributed by atoms with van der Waals surface area (Å²) in [4.78, 5) is 25.6. The zero-order chi connectivity index (χ0) is 22.1. The zero-order valence-corrected chi connectivity index (χ0v) is 19.1. The average molecular weight is 434 g/mol. The van der Waals surface area contributed by atoms with Gasteiger partial charge in [0.05, 0.1) is 0 Å². The van der Waals surface area contributed by atoms with Gasteiger partial charge in [-0.1, -0.05) is 0 Å². The molecule has 0 aromatic heterocycles. The van der Waals surface area contributed by atoms with Gasteiger partial charge in [0.25, 0.3) is 0 Å². The van der Waals surface area contributed by atoms with E-state index >= 15 is 0 Å². The Morgan fingerprint density at radius 1 is 1.00 bits per heavy atom. The van der Waals surface area contributed by atoms with Crippen molar-refractivity contribution in [3.05, 3.63) is 0 Å². The van der Waals surface area contributed by atoms with Gasteiger partial charge in [-0.05, 0) is 78.6 Å². The minimum Gasteiger partial charge on any atom is -0.444 e. The summed E-state index contributed by atoms with van der Waals surface area (Å²) in [5, 5.41) is 0. The van der Waals surface area contributed by atoms with Crippen LogP contribution in [0.4, 0.5) is 9.59 Å². The Kier molecular flexibility index (Phi) is 6.79. The molecule has 0 aromatic rings. The van der Waals surface area contributed by atoms with Crippen molar-refractivity contribution in [2.45, 2.75) is 78.4 Å². The summed E-state index contributed by atoms with van der Waals surface area (Å²) in [6.07, 6.45) is 2.17. The van der Waals surface area contributed by atoms with Crippen LogP contribution in [-0.4, -0.2) is 56.3 Å². The summed E-state index contributed by atoms with van der Waals surface area (Å²) in [6, 6.07) is 0. The number of amides is 2. The summed E-state index contributed by atoms with van der Waals surface area (Å²) in [7, 11) is -3.99. The molecule has 1 saturated heterocycles. The van der Waals surface area contributed by atoms with Crippen LogP contribution in [0.15, 0.2) is 0 Å². The highest BCUT2D eigenvalue weighted by molar-refractivity contribution is 7.88. The van der Waals surface area contributed by atoms with Crippen LogP contribution in [0.5, 0.6) is 0 Å². The van der Waals surface area contributed by atoms with Crippen LogP contribution in [0.2, 0.25) is 0 Å². The van der Waals surface area contributed by atoms with Gasteiger partial charge in [0, 0.05) is 19.6 Å². The summed E-state index contributed by atoms with van der Waals surface area (Å²) in [5.41, 5.74) is -1.41. The average Bonchev–Trinajstić information content (AvgIpc) is 3.30. The van der Waals surface area contributed by atoms with Crippen molar-refractivity contribution < 1.29 is 27.5 Å². The van der Waals surface area contributed by atoms with Gasteiger partial charge in [0.1, 0.15) is 11.2 Å². The van der Waals surface area contributed by atoms with Gasteiger partial charge in [0.15, 0.2) is 0 Å². The summed E-state index contributed by atoms with van der Waals surface area (Å²) < 4.78 is 39.1. The molecule has 1 saturated carbocycles. The maximum atomic E-state index is 12.2. The predicted molar refractivity (Wildman–Crippen MR) is 108 cm³/mol. The number of nitrogens with one attached hydrogen (secondary N) is 2. The lowest BCUT2D eigenvalue weighted by Crippen LogP contribution is -2.47. The number of carbonyl (C=O) groups is 2. The third-order valence-corrected chi connectivity index (χ3v) is 6.10. The minimum absolute atomic E-state index is 0.108. The van der Waals surface area contributed by atoms with E-state index in [2.05, 4.69) is 4.72 Å². The summed E-state index contributed by atoms with van der Waals surface area (Å²) in [6.45, 7) is 12.0. The Bertz CT molecular complexity index is 711. The normalized spacial score (nSPS) is 20.1. The molecule has 0 radical (unpaired) electrons. The molecule has 168 valence electrons. The van der Waals surface area contributed by atoms with E-state index in [0.29, 0.717) is 19.0 Å². The van der Waals surface area contributed by atoms with Gasteiger partial charge in [-0.25, -0.2) is 14.3 Å². The van der Waals surface area contributed by atoms with Crippen LogP contribution in [0.3, 0.4) is 0 Å². The standard InChI is InChI=1S/C19H35N3O6S/c1-17(2,3)27-15(23)21-29(25,26)20-13-19(9-10-19)14-7-11-22(12-8-14)16(24)28-18(4,5)6/h14,20H,7-13H2,1-6H3,(H,21,23). The number of ether oxygens (including phenoxy) is 2. The van der Waals surface area contributed by atoms with Crippen LogP contribution < -0.4 is 9.44 Å². The van der Waals surface area contributed by atoms with E-state index in [9.17, 15) is 18.0 Å². The second-order valence-corrected chi connectivity index (χ2v) is 11.5. The first-order valence-corrected chi connectivity index (χ1v) is 11.6. The molecule has 0 aromatic carbocycles. The minimum atomic E-state index is -3.99. The zero-order valence-electron chi connectivity index (χ0n) is 18.3. The first-order valence-electron chi connectivity index (χ1n) is 10.1. The van der Waals surface area contributed by atoms with Crippen LogP contribution in [0.25, 0.3) is 0 Å². The van der Waals surface area contributed by atoms with E-state index in [0.717, 1.165) is 25.7 Å². The molecule has 2 rings (SSSR count). The Morgan fingerprint density at radius 3 is 1.97 bits per heavy atom. The van der Waals surface area contributed by atoms with Crippen molar-refractivity contribution in [3.63, 3.8) is 0 Å². The molecule has 9 nitrogen and oxygen atoms in total. The van der Waals surface area contributed by atoms with Gasteiger partial charge < -0.3 is 14.4 Å². The Morgan fingerprint density at radius 2 is 1.52 bits per heavy atom. The maximum absolute atomic E-state index is 12.2. The molecule has 0 atom stereocenters. The van der Waals surface area contributed by atoms with E-state index in [-0.39, 0.29) is 18.1 Å². The largest absolute Gasteiger partial charge is 0.444 e. The molecule has 0 spiro atoms. The van der Waals surface area contributed by atoms with Gasteiger partial charge in [-0.15, -0.1) is 0 Å². The molecule has 2 fully saturated rings. The Hall–Kier alpha value is -1.55. The fourth-order valence-corrected chi connectivity index (χ4v) is 4.39. The molecule has 2 aliphatic rings. The number of likely N-dealkylation sites (tertiary alicyclic amines) is 1. The third-order valence-electron chi connectivity index (χ3n) is 5.14. The molecular formula is C19H35N3O6S. The predicted octanol–water partition coefficient (Wildman–Crippen LogP) is 2.77. The lowest BCUT2D eigenvalue weighted by molar-refractivity contribution is 0.0151. The van der Waals surface area contributed by atoms with Crippen LogP contribution in [-0.2, 0) is 19.7 Å². The smallest absolute Gasteiger partial charge is 0.422 e. The lowest BCUT2D eigenvalue weighted by atomic mass is 9.81. The summed E-state index contributed by atoms with van der Waals surface area (Å²) in [5.74, 6) is 0.324. The van der Waals surface area contributed by atoms with E-state index in [1.54, 1.807) is 25.7 Å². The highest BCUT2D eigenvalue weighted by Gasteiger charge is 2.50. The van der Waals surface area contributed by atoms with Crippen LogP contribution in [0.1, 0.15) is 67.2 Å². The van der Waals surface area contributed by atoms with Gasteiger partial charge >= 0.3 is 22.4 Å². The fourth-order valence-electron chi connectivity index (χ4n) is 3.57. The Balaban J connectivity index is 1.82. The molecule has 2 N–H and O–H groups in total. The van der Waals surface area contributed by atoms with E-state index in [1.807, 2.05) is 25.5 Å². The van der Waals surface area contributed by atoms with Crippen molar-refractivity contribution in [1.29, 1.82) is 0 Å². The molecule has 2 amide bonds. The summed E-state index contributed by atoms with van der Waals surface area (Å²) >= 11 is 0. The van der Waals surface area contributed by atoms with E-state index in [4.69, 9.17) is 9.47 Å². The molecule has 0 unspecified atom stereocenters. The molecule has 1 heterocycles. The number of hydrogen-bond acceptors (Lipinski definition) is 6. The highest BCUT2D eigenvalue weighted by Crippen LogP contribution is 2.54. The molecule has 10 heteroatoms. The molecular weight excluding hydrogens is 398 g/mol. The van der Waals surface area contributed by atoms with Crippen molar-refractivity contribution in [2.24, 2.45) is 11.3 Å². The molecule has 1 aliphatic carbocycles. The third kappa shape index (κ3) is 7.65. The first-order chi connectivity index (χ1) is 13.1. The quantitative estimate of drug-likeness (QED) is 0.689. The van der Waals surface area contributed by atoms with Gasteiger partial charge in [0.2, 0.25) is 0 Å². The Labute approximate surface area is 174 Å². The lowest BCUT2D eigenvalue weighted by Gasteiger charge is -2.37. The van der Waals surface area contributed by atoms with Crippen molar-refractivity contribution >= 4 is 22.4 Å². The van der Waals surface area contributed by atoms with Gasteiger partial charge in [-0.3, -0.25) is 0 Å². The fraction of sp³-hybridized carbons (Fsp3) is 0.895. The van der Waals surface area contributed by atoms with E-state index < -0.39 is 27.5 Å². The number of rotatable bonds is 5. The number of carbonyl (C=O) groups excluding carboxylic acids is 2. The molecule has 1 aliphatic heterocycles. The molecule has 0 bridgehead atoms. The monoisotopic (exact) mass is 433 g/mol. The first kappa shape index (κ1) is 23.7. The topological polar surface area (TPSA) is 114 Å². The number of piperidine rings is 1. The van der Waals surface area contributed by atoms with Crippen molar-refractivity contribution in [2.75, 3.05) is 19.6 Å². The second-order valence-electron chi connectivity index (χ2n) is 10.0. The van der Waals surface area contributed by atoms with Crippen molar-refractivity contribution in [3.8, 4) is 0 Å². The van der Waals surface area contributed by atoms with Gasteiger partial charge in [-0.2, -0.15) is 13.1 Å². The highest BCUT2D eigenvalue weighted by atomic mass is 32.2. The number of nitrogens with zero attached hydrogens (tertiary/aromatic N) is 1. The van der Waals surface area contributed by atoms with Crippen molar-refractivity contribution in [1.82, 2.24) is 14.3 Å². The van der Waals surface area contributed by atoms with Crippen LogP contribution in [0, 0.1) is 11.3 Å². The van der Waals surface area contributed by atoms with Crippen LogP contribution >= 0.6 is 0 Å². The second kappa shape index (κ2) is 8.29. The van der Waals surface area contributed by atoms with E-state index in [1.165, 1.54) is 0 Å². The SMILES string of the molecule is CC(C)(C)OC(=O)NS(=O)(=O)NCC1(C2CCN(C(=O)OC(C)(C)C)CC2)CC1. The maximum Gasteiger partial charge on any atom is 0.422 e. The molecule has 29 heavy (non-hydrogen) atoms.